The molecule has 5 rings (SSSR count). The van der Waals surface area contributed by atoms with Crippen molar-refractivity contribution in [3.8, 4) is 22.5 Å². The van der Waals surface area contributed by atoms with Crippen LogP contribution in [0.15, 0.2) is 94.9 Å². The highest BCUT2D eigenvalue weighted by Gasteiger charge is 2.19. The van der Waals surface area contributed by atoms with Crippen LogP contribution >= 0.6 is 0 Å². The van der Waals surface area contributed by atoms with Crippen molar-refractivity contribution in [1.82, 2.24) is 19.5 Å². The maximum Gasteiger partial charge on any atom is 0.270 e. The van der Waals surface area contributed by atoms with Gasteiger partial charge in [0.05, 0.1) is 23.1 Å². The Morgan fingerprint density at radius 1 is 0.944 bits per heavy atom. The second-order valence-corrected chi connectivity index (χ2v) is 9.72. The van der Waals surface area contributed by atoms with Crippen molar-refractivity contribution in [2.75, 3.05) is 5.32 Å². The molecule has 180 valence electrons. The molecule has 0 unspecified atom stereocenters. The van der Waals surface area contributed by atoms with E-state index in [0.29, 0.717) is 23.4 Å². The molecule has 0 bridgehead atoms. The first-order chi connectivity index (χ1) is 17.3. The Morgan fingerprint density at radius 2 is 1.72 bits per heavy atom. The van der Waals surface area contributed by atoms with E-state index >= 15 is 0 Å². The number of rotatable bonds is 6. The molecular weight excluding hydrogens is 476 g/mol. The van der Waals surface area contributed by atoms with E-state index in [2.05, 4.69) is 10.3 Å². The van der Waals surface area contributed by atoms with Gasteiger partial charge >= 0.3 is 0 Å². The molecule has 0 amide bonds. The van der Waals surface area contributed by atoms with Crippen molar-refractivity contribution >= 4 is 26.7 Å². The minimum absolute atomic E-state index is 0.247. The molecule has 0 saturated heterocycles. The largest absolute Gasteiger partial charge is 0.364 e. The van der Waals surface area contributed by atoms with Crippen molar-refractivity contribution in [2.45, 2.75) is 11.4 Å². The minimum atomic E-state index is -4.24. The smallest absolute Gasteiger partial charge is 0.270 e. The van der Waals surface area contributed by atoms with Gasteiger partial charge in [0, 0.05) is 25.0 Å². The van der Waals surface area contributed by atoms with Gasteiger partial charge in [0.15, 0.2) is 5.82 Å². The highest BCUT2D eigenvalue weighted by atomic mass is 32.2. The first kappa shape index (κ1) is 23.3. The molecule has 0 spiro atoms. The van der Waals surface area contributed by atoms with Crippen LogP contribution in [0.5, 0.6) is 0 Å². The van der Waals surface area contributed by atoms with E-state index in [1.165, 1.54) is 19.3 Å². The number of anilines is 1. The number of fused-ring (bicyclic) bond motifs is 1. The Bertz CT molecular complexity index is 1740. The van der Waals surface area contributed by atoms with Crippen molar-refractivity contribution in [3.05, 3.63) is 101 Å². The fraction of sp³-hybridized carbons (Fsp3) is 0.0769. The molecule has 0 saturated carbocycles. The number of aryl methyl sites for hydroxylation is 1. The number of nitrogens with one attached hydrogen (secondary N) is 1. The number of nitrogens with zero attached hydrogens (tertiary/aromatic N) is 4. The first-order valence-electron chi connectivity index (χ1n) is 11.0. The van der Waals surface area contributed by atoms with E-state index in [4.69, 9.17) is 15.1 Å². The Hall–Kier alpha value is -4.41. The SMILES string of the molecule is Cn1cc(-c2nc(NCc3ccccn3)c3c(-c4ccccc4)cccc3n2)cc(S(N)(=O)=O)c1=O. The quantitative estimate of drug-likeness (QED) is 0.367. The van der Waals surface area contributed by atoms with E-state index in [1.54, 1.807) is 6.20 Å². The van der Waals surface area contributed by atoms with Crippen LogP contribution in [0, 0.1) is 0 Å². The van der Waals surface area contributed by atoms with Crippen molar-refractivity contribution in [1.29, 1.82) is 0 Å². The number of sulfonamides is 1. The zero-order valence-corrected chi connectivity index (χ0v) is 20.1. The summed E-state index contributed by atoms with van der Waals surface area (Å²) in [5.74, 6) is 0.794. The molecule has 10 heteroatoms. The third-order valence-corrected chi connectivity index (χ3v) is 6.59. The van der Waals surface area contributed by atoms with Crippen LogP contribution in [0.1, 0.15) is 5.69 Å². The second-order valence-electron chi connectivity index (χ2n) is 8.19. The van der Waals surface area contributed by atoms with E-state index in [0.717, 1.165) is 26.8 Å². The Labute approximate surface area is 207 Å². The third kappa shape index (κ3) is 4.59. The van der Waals surface area contributed by atoms with Crippen molar-refractivity contribution in [3.63, 3.8) is 0 Å². The molecular formula is C26H22N6O3S. The van der Waals surface area contributed by atoms with Gasteiger partial charge in [-0.25, -0.2) is 23.5 Å². The molecule has 3 N–H and O–H groups in total. The molecule has 0 atom stereocenters. The summed E-state index contributed by atoms with van der Waals surface area (Å²) in [4.78, 5) is 25.7. The van der Waals surface area contributed by atoms with Crippen LogP contribution in [-0.4, -0.2) is 27.9 Å². The van der Waals surface area contributed by atoms with E-state index in [9.17, 15) is 13.2 Å². The van der Waals surface area contributed by atoms with Gasteiger partial charge in [-0.1, -0.05) is 48.5 Å². The molecule has 3 heterocycles. The normalized spacial score (nSPS) is 11.5. The second kappa shape index (κ2) is 9.33. The summed E-state index contributed by atoms with van der Waals surface area (Å²) in [7, 11) is -2.79. The summed E-state index contributed by atoms with van der Waals surface area (Å²) >= 11 is 0. The number of primary sulfonamides is 1. The third-order valence-electron chi connectivity index (χ3n) is 5.69. The standard InChI is InChI=1S/C26H22N6O3S/c1-32-16-18(14-22(26(32)33)36(27,34)35)24-30-21-12-7-11-20(17-8-3-2-4-9-17)23(21)25(31-24)29-15-19-10-5-6-13-28-19/h2-14,16H,15H2,1H3,(H2,27,34,35)(H,29,30,31). The predicted molar refractivity (Wildman–Crippen MR) is 139 cm³/mol. The summed E-state index contributed by atoms with van der Waals surface area (Å²) in [5, 5.41) is 9.46. The monoisotopic (exact) mass is 498 g/mol. The lowest BCUT2D eigenvalue weighted by molar-refractivity contribution is 0.595. The molecule has 36 heavy (non-hydrogen) atoms. The number of pyridine rings is 2. The summed E-state index contributed by atoms with van der Waals surface area (Å²) < 4.78 is 25.2. The van der Waals surface area contributed by atoms with Crippen LogP contribution in [0.3, 0.4) is 0 Å². The maximum atomic E-state index is 12.4. The maximum absolute atomic E-state index is 12.4. The van der Waals surface area contributed by atoms with Gasteiger partial charge in [-0.05, 0) is 35.4 Å². The summed E-state index contributed by atoms with van der Waals surface area (Å²) in [6.07, 6.45) is 3.21. The number of nitrogens with two attached hydrogens (primary N) is 1. The number of benzene rings is 2. The highest BCUT2D eigenvalue weighted by Crippen LogP contribution is 2.34. The fourth-order valence-electron chi connectivity index (χ4n) is 3.98. The molecule has 5 aromatic rings. The summed E-state index contributed by atoms with van der Waals surface area (Å²) in [5.41, 5.74) is 3.03. The van der Waals surface area contributed by atoms with Crippen LogP contribution in [0.4, 0.5) is 5.82 Å². The Morgan fingerprint density at radius 3 is 2.44 bits per heavy atom. The number of hydrogen-bond acceptors (Lipinski definition) is 7. The minimum Gasteiger partial charge on any atom is -0.364 e. The van der Waals surface area contributed by atoms with E-state index in [-0.39, 0.29) is 5.82 Å². The van der Waals surface area contributed by atoms with E-state index < -0.39 is 20.5 Å². The molecule has 0 radical (unpaired) electrons. The van der Waals surface area contributed by atoms with Crippen molar-refractivity contribution < 1.29 is 8.42 Å². The highest BCUT2D eigenvalue weighted by molar-refractivity contribution is 7.89. The average molecular weight is 499 g/mol. The molecule has 0 fully saturated rings. The Kier molecular flexibility index (Phi) is 6.05. The zero-order chi connectivity index (χ0) is 25.3. The van der Waals surface area contributed by atoms with Gasteiger partial charge in [-0.15, -0.1) is 0 Å². The summed E-state index contributed by atoms with van der Waals surface area (Å²) in [6, 6.07) is 22.5. The van der Waals surface area contributed by atoms with Gasteiger partial charge in [0.2, 0.25) is 10.0 Å². The lowest BCUT2D eigenvalue weighted by Crippen LogP contribution is -2.27. The lowest BCUT2D eigenvalue weighted by Gasteiger charge is -2.15. The van der Waals surface area contributed by atoms with Gasteiger partial charge in [-0.3, -0.25) is 9.78 Å². The van der Waals surface area contributed by atoms with Gasteiger partial charge in [0.1, 0.15) is 10.7 Å². The lowest BCUT2D eigenvalue weighted by atomic mass is 10.0. The van der Waals surface area contributed by atoms with Crippen LogP contribution in [0.25, 0.3) is 33.4 Å². The molecule has 3 aromatic heterocycles. The fourth-order valence-corrected chi connectivity index (χ4v) is 4.66. The number of hydrogen-bond donors (Lipinski definition) is 2. The Balaban J connectivity index is 1.73. The van der Waals surface area contributed by atoms with Gasteiger partial charge in [0.25, 0.3) is 5.56 Å². The number of aromatic nitrogens is 4. The van der Waals surface area contributed by atoms with E-state index in [1.807, 2.05) is 66.7 Å². The molecule has 9 nitrogen and oxygen atoms in total. The van der Waals surface area contributed by atoms with Crippen molar-refractivity contribution in [2.24, 2.45) is 12.2 Å². The molecule has 2 aromatic carbocycles. The topological polar surface area (TPSA) is 133 Å². The van der Waals surface area contributed by atoms with Gasteiger partial charge < -0.3 is 9.88 Å². The average Bonchev–Trinajstić information content (AvgIpc) is 2.88. The zero-order valence-electron chi connectivity index (χ0n) is 19.3. The first-order valence-corrected chi connectivity index (χ1v) is 12.6. The molecule has 0 aliphatic heterocycles. The van der Waals surface area contributed by atoms with Crippen LogP contribution in [0.2, 0.25) is 0 Å². The molecule has 0 aliphatic rings. The van der Waals surface area contributed by atoms with Gasteiger partial charge in [-0.2, -0.15) is 0 Å². The van der Waals surface area contributed by atoms with Crippen LogP contribution < -0.4 is 16.0 Å². The molecule has 0 aliphatic carbocycles. The van der Waals surface area contributed by atoms with Crippen LogP contribution in [-0.2, 0) is 23.6 Å². The predicted octanol–water partition coefficient (Wildman–Crippen LogP) is 3.32. The summed E-state index contributed by atoms with van der Waals surface area (Å²) in [6.45, 7) is 0.408.